The van der Waals surface area contributed by atoms with E-state index < -0.39 is 0 Å². The molecule has 0 spiro atoms. The number of aryl methyl sites for hydroxylation is 2. The van der Waals surface area contributed by atoms with Gasteiger partial charge in [-0.1, -0.05) is 47.4 Å². The fourth-order valence-corrected chi connectivity index (χ4v) is 3.79. The Labute approximate surface area is 179 Å². The summed E-state index contributed by atoms with van der Waals surface area (Å²) >= 11 is 6.13. The van der Waals surface area contributed by atoms with Crippen LogP contribution in [0.5, 0.6) is 0 Å². The second kappa shape index (κ2) is 8.32. The number of halogens is 1. The Hall–Kier alpha value is -3.12. The van der Waals surface area contributed by atoms with E-state index in [-0.39, 0.29) is 5.91 Å². The zero-order valence-corrected chi connectivity index (χ0v) is 18.0. The van der Waals surface area contributed by atoms with E-state index in [1.807, 2.05) is 0 Å². The number of aromatic nitrogens is 3. The fourth-order valence-electron chi connectivity index (χ4n) is 3.58. The molecule has 0 aliphatic rings. The number of carbonyl (C=O) groups excluding carboxylic acids is 1. The average Bonchev–Trinajstić information content (AvgIpc) is 3.35. The highest BCUT2D eigenvalue weighted by molar-refractivity contribution is 6.33. The second-order valence-corrected chi connectivity index (χ2v) is 7.76. The SMILES string of the molecule is CCc1c(-c2nc(CCN(C)C(=O)c3ccccc3Cl)no2)[nH]c2ccc(C)cc12. The number of nitrogens with zero attached hydrogens (tertiary/aromatic N) is 3. The first kappa shape index (κ1) is 20.2. The summed E-state index contributed by atoms with van der Waals surface area (Å²) in [5, 5.41) is 5.73. The Kier molecular flexibility index (Phi) is 5.59. The highest BCUT2D eigenvalue weighted by atomic mass is 35.5. The van der Waals surface area contributed by atoms with Crippen LogP contribution in [0.3, 0.4) is 0 Å². The van der Waals surface area contributed by atoms with Gasteiger partial charge in [0.1, 0.15) is 5.69 Å². The zero-order chi connectivity index (χ0) is 21.3. The molecule has 154 valence electrons. The van der Waals surface area contributed by atoms with E-state index in [2.05, 4.69) is 47.2 Å². The number of amides is 1. The number of fused-ring (bicyclic) bond motifs is 1. The number of carbonyl (C=O) groups is 1. The summed E-state index contributed by atoms with van der Waals surface area (Å²) < 4.78 is 5.53. The van der Waals surface area contributed by atoms with Crippen molar-refractivity contribution >= 4 is 28.4 Å². The minimum Gasteiger partial charge on any atom is -0.350 e. The van der Waals surface area contributed by atoms with Gasteiger partial charge in [-0.3, -0.25) is 4.79 Å². The van der Waals surface area contributed by atoms with Crippen molar-refractivity contribution in [3.05, 3.63) is 70.0 Å². The van der Waals surface area contributed by atoms with Crippen molar-refractivity contribution < 1.29 is 9.32 Å². The van der Waals surface area contributed by atoms with E-state index in [0.717, 1.165) is 23.2 Å². The zero-order valence-electron chi connectivity index (χ0n) is 17.2. The third-order valence-corrected chi connectivity index (χ3v) is 5.55. The van der Waals surface area contributed by atoms with Crippen LogP contribution >= 0.6 is 11.6 Å². The van der Waals surface area contributed by atoms with Crippen LogP contribution in [0.4, 0.5) is 0 Å². The normalized spacial score (nSPS) is 11.2. The highest BCUT2D eigenvalue weighted by Gasteiger charge is 2.19. The maximum absolute atomic E-state index is 12.6. The van der Waals surface area contributed by atoms with Crippen LogP contribution < -0.4 is 0 Å². The molecule has 1 amide bonds. The van der Waals surface area contributed by atoms with Crippen molar-refractivity contribution in [3.8, 4) is 11.6 Å². The Balaban J connectivity index is 1.50. The molecule has 0 atom stereocenters. The fraction of sp³-hybridized carbons (Fsp3) is 0.261. The molecule has 0 aliphatic carbocycles. The van der Waals surface area contributed by atoms with Gasteiger partial charge in [0, 0.05) is 30.9 Å². The third-order valence-electron chi connectivity index (χ3n) is 5.22. The summed E-state index contributed by atoms with van der Waals surface area (Å²) in [7, 11) is 1.74. The lowest BCUT2D eigenvalue weighted by atomic mass is 10.1. The van der Waals surface area contributed by atoms with Gasteiger partial charge in [0.05, 0.1) is 10.6 Å². The molecule has 0 aliphatic heterocycles. The van der Waals surface area contributed by atoms with E-state index in [1.54, 1.807) is 36.2 Å². The predicted molar refractivity (Wildman–Crippen MR) is 118 cm³/mol. The lowest BCUT2D eigenvalue weighted by molar-refractivity contribution is 0.0796. The molecule has 0 fully saturated rings. The maximum atomic E-state index is 12.6. The molecule has 0 bridgehead atoms. The van der Waals surface area contributed by atoms with Gasteiger partial charge < -0.3 is 14.4 Å². The monoisotopic (exact) mass is 422 g/mol. The molecule has 0 saturated heterocycles. The minimum atomic E-state index is -0.136. The van der Waals surface area contributed by atoms with E-state index >= 15 is 0 Å². The van der Waals surface area contributed by atoms with Crippen LogP contribution in [0.2, 0.25) is 5.02 Å². The van der Waals surface area contributed by atoms with Crippen LogP contribution in [-0.2, 0) is 12.8 Å². The predicted octanol–water partition coefficient (Wildman–Crippen LogP) is 5.06. The van der Waals surface area contributed by atoms with Crippen LogP contribution in [0.15, 0.2) is 47.0 Å². The van der Waals surface area contributed by atoms with E-state index in [1.165, 1.54) is 10.9 Å². The van der Waals surface area contributed by atoms with Gasteiger partial charge in [0.2, 0.25) is 0 Å². The van der Waals surface area contributed by atoms with Crippen LogP contribution in [-0.4, -0.2) is 39.5 Å². The second-order valence-electron chi connectivity index (χ2n) is 7.35. The van der Waals surface area contributed by atoms with Crippen molar-refractivity contribution in [2.75, 3.05) is 13.6 Å². The summed E-state index contributed by atoms with van der Waals surface area (Å²) in [5.74, 6) is 0.889. The standard InChI is InChI=1S/C23H23ClN4O2/c1-4-15-17-13-14(2)9-10-19(17)25-21(15)22-26-20(27-30-22)11-12-28(3)23(29)16-7-5-6-8-18(16)24/h5-10,13,25H,4,11-12H2,1-3H3. The van der Waals surface area contributed by atoms with Crippen molar-refractivity contribution in [2.45, 2.75) is 26.7 Å². The average molecular weight is 423 g/mol. The summed E-state index contributed by atoms with van der Waals surface area (Å²) in [6.45, 7) is 4.65. The Morgan fingerprint density at radius 1 is 1.23 bits per heavy atom. The first-order valence-electron chi connectivity index (χ1n) is 9.92. The summed E-state index contributed by atoms with van der Waals surface area (Å²) in [6, 6.07) is 13.3. The van der Waals surface area contributed by atoms with Gasteiger partial charge in [-0.2, -0.15) is 4.98 Å². The van der Waals surface area contributed by atoms with Gasteiger partial charge in [-0.25, -0.2) is 0 Å². The first-order valence-corrected chi connectivity index (χ1v) is 10.3. The number of rotatable bonds is 6. The molecule has 0 unspecified atom stereocenters. The van der Waals surface area contributed by atoms with Gasteiger partial charge in [-0.15, -0.1) is 0 Å². The smallest absolute Gasteiger partial charge is 0.274 e. The molecule has 4 aromatic rings. The van der Waals surface area contributed by atoms with Crippen molar-refractivity contribution in [1.29, 1.82) is 0 Å². The third kappa shape index (κ3) is 3.83. The Morgan fingerprint density at radius 2 is 2.03 bits per heavy atom. The largest absolute Gasteiger partial charge is 0.350 e. The van der Waals surface area contributed by atoms with Crippen LogP contribution in [0.25, 0.3) is 22.5 Å². The molecular formula is C23H23ClN4O2. The van der Waals surface area contributed by atoms with E-state index in [4.69, 9.17) is 16.1 Å². The topological polar surface area (TPSA) is 75.0 Å². The number of hydrogen-bond donors (Lipinski definition) is 1. The molecule has 2 aromatic heterocycles. The maximum Gasteiger partial charge on any atom is 0.274 e. The lowest BCUT2D eigenvalue weighted by Crippen LogP contribution is -2.29. The summed E-state index contributed by atoms with van der Waals surface area (Å²) in [6.07, 6.45) is 1.34. The molecule has 4 rings (SSSR count). The minimum absolute atomic E-state index is 0.136. The van der Waals surface area contributed by atoms with E-state index in [0.29, 0.717) is 35.3 Å². The number of H-pyrrole nitrogens is 1. The molecular weight excluding hydrogens is 400 g/mol. The van der Waals surface area contributed by atoms with E-state index in [9.17, 15) is 4.79 Å². The molecule has 6 nitrogen and oxygen atoms in total. The molecule has 2 heterocycles. The lowest BCUT2D eigenvalue weighted by Gasteiger charge is -2.16. The number of hydrogen-bond acceptors (Lipinski definition) is 4. The number of likely N-dealkylation sites (N-methyl/N-ethyl adjacent to an activating group) is 1. The van der Waals surface area contributed by atoms with Gasteiger partial charge in [-0.05, 0) is 43.2 Å². The van der Waals surface area contributed by atoms with Crippen molar-refractivity contribution in [2.24, 2.45) is 0 Å². The van der Waals surface area contributed by atoms with Crippen LogP contribution in [0, 0.1) is 6.92 Å². The quantitative estimate of drug-likeness (QED) is 0.471. The molecule has 0 radical (unpaired) electrons. The van der Waals surface area contributed by atoms with Crippen LogP contribution in [0.1, 0.15) is 34.2 Å². The van der Waals surface area contributed by atoms with Crippen molar-refractivity contribution in [1.82, 2.24) is 20.0 Å². The Morgan fingerprint density at radius 3 is 2.80 bits per heavy atom. The molecule has 7 heteroatoms. The van der Waals surface area contributed by atoms with Crippen molar-refractivity contribution in [3.63, 3.8) is 0 Å². The van der Waals surface area contributed by atoms with Gasteiger partial charge in [0.25, 0.3) is 11.8 Å². The molecule has 0 saturated carbocycles. The number of benzene rings is 2. The first-order chi connectivity index (χ1) is 14.5. The number of nitrogens with one attached hydrogen (secondary N) is 1. The van der Waals surface area contributed by atoms with Gasteiger partial charge >= 0.3 is 0 Å². The summed E-state index contributed by atoms with van der Waals surface area (Å²) in [4.78, 5) is 22.2. The number of aromatic amines is 1. The molecule has 1 N–H and O–H groups in total. The Bertz CT molecular complexity index is 1210. The molecule has 30 heavy (non-hydrogen) atoms. The highest BCUT2D eigenvalue weighted by Crippen LogP contribution is 2.30. The van der Waals surface area contributed by atoms with Gasteiger partial charge in [0.15, 0.2) is 5.82 Å². The molecule has 2 aromatic carbocycles. The summed E-state index contributed by atoms with van der Waals surface area (Å²) in [5.41, 5.74) is 4.76.